The topological polar surface area (TPSA) is 39.2 Å². The van der Waals surface area contributed by atoms with E-state index in [2.05, 4.69) is 18.8 Å². The van der Waals surface area contributed by atoms with E-state index in [1.807, 2.05) is 30.3 Å². The summed E-state index contributed by atoms with van der Waals surface area (Å²) in [7, 11) is 1.37. The zero-order valence-corrected chi connectivity index (χ0v) is 10.2. The molecule has 0 atom stereocenters. The third kappa shape index (κ3) is 2.13. The monoisotopic (exact) mass is 229 g/mol. The zero-order chi connectivity index (χ0) is 12.4. The molecule has 2 rings (SSSR count). The van der Waals surface area contributed by atoms with E-state index in [-0.39, 0.29) is 0 Å². The Kier molecular flexibility index (Phi) is 3.09. The van der Waals surface area contributed by atoms with Gasteiger partial charge < -0.3 is 4.74 Å². The van der Waals surface area contributed by atoms with Crippen molar-refractivity contribution in [3.63, 3.8) is 0 Å². The van der Waals surface area contributed by atoms with Crippen LogP contribution in [0.5, 0.6) is 0 Å². The molecule has 0 radical (unpaired) electrons. The number of methoxy groups -OCH3 is 1. The highest BCUT2D eigenvalue weighted by molar-refractivity contribution is 5.92. The number of hydrogen-bond donors (Lipinski definition) is 0. The van der Waals surface area contributed by atoms with Gasteiger partial charge in [0.25, 0.3) is 0 Å². The average molecular weight is 229 g/mol. The summed E-state index contributed by atoms with van der Waals surface area (Å²) in [5.74, 6) is -0.0519. The number of para-hydroxylation sites is 1. The van der Waals surface area contributed by atoms with E-state index in [0.717, 1.165) is 16.5 Å². The van der Waals surface area contributed by atoms with Crippen molar-refractivity contribution < 1.29 is 9.53 Å². The molecule has 1 aromatic carbocycles. The summed E-state index contributed by atoms with van der Waals surface area (Å²) < 4.78 is 4.72. The SMILES string of the molecule is COC(=O)c1cc(C(C)C)c2ccccc2n1. The van der Waals surface area contributed by atoms with Crippen molar-refractivity contribution in [2.45, 2.75) is 19.8 Å². The summed E-state index contributed by atoms with van der Waals surface area (Å²) in [6.07, 6.45) is 0. The lowest BCUT2D eigenvalue weighted by Gasteiger charge is -2.11. The predicted molar refractivity (Wildman–Crippen MR) is 67.2 cm³/mol. The predicted octanol–water partition coefficient (Wildman–Crippen LogP) is 3.14. The minimum atomic E-state index is -0.391. The number of carbonyl (C=O) groups excluding carboxylic acids is 1. The van der Waals surface area contributed by atoms with Crippen LogP contribution in [0.15, 0.2) is 30.3 Å². The number of aromatic nitrogens is 1. The van der Waals surface area contributed by atoms with Gasteiger partial charge in [0, 0.05) is 5.39 Å². The van der Waals surface area contributed by atoms with Crippen LogP contribution >= 0.6 is 0 Å². The molecule has 2 aromatic rings. The Morgan fingerprint density at radius 2 is 2.00 bits per heavy atom. The third-order valence-electron chi connectivity index (χ3n) is 2.76. The highest BCUT2D eigenvalue weighted by Crippen LogP contribution is 2.25. The molecule has 0 aliphatic carbocycles. The van der Waals surface area contributed by atoms with E-state index in [9.17, 15) is 4.79 Å². The van der Waals surface area contributed by atoms with Gasteiger partial charge in [0.15, 0.2) is 0 Å². The molecule has 3 nitrogen and oxygen atoms in total. The van der Waals surface area contributed by atoms with E-state index >= 15 is 0 Å². The average Bonchev–Trinajstić information content (AvgIpc) is 2.36. The lowest BCUT2D eigenvalue weighted by Crippen LogP contribution is -2.06. The fraction of sp³-hybridized carbons (Fsp3) is 0.286. The van der Waals surface area contributed by atoms with Crippen molar-refractivity contribution in [3.8, 4) is 0 Å². The van der Waals surface area contributed by atoms with Gasteiger partial charge in [0.1, 0.15) is 5.69 Å². The Bertz CT molecular complexity index is 561. The van der Waals surface area contributed by atoms with Crippen LogP contribution in [-0.4, -0.2) is 18.1 Å². The first kappa shape index (κ1) is 11.6. The minimum Gasteiger partial charge on any atom is -0.464 e. The molecule has 0 aliphatic rings. The lowest BCUT2D eigenvalue weighted by atomic mass is 9.98. The number of carbonyl (C=O) groups is 1. The first-order chi connectivity index (χ1) is 8.13. The second-order valence-corrected chi connectivity index (χ2v) is 4.26. The number of fused-ring (bicyclic) bond motifs is 1. The van der Waals surface area contributed by atoms with Crippen LogP contribution in [0.25, 0.3) is 10.9 Å². The summed E-state index contributed by atoms with van der Waals surface area (Å²) in [5.41, 5.74) is 2.32. The smallest absolute Gasteiger partial charge is 0.356 e. The lowest BCUT2D eigenvalue weighted by molar-refractivity contribution is 0.0594. The zero-order valence-electron chi connectivity index (χ0n) is 10.2. The van der Waals surface area contributed by atoms with Crippen molar-refractivity contribution in [3.05, 3.63) is 41.6 Å². The summed E-state index contributed by atoms with van der Waals surface area (Å²) in [6, 6.07) is 9.65. The molecule has 0 N–H and O–H groups in total. The number of benzene rings is 1. The molecule has 0 unspecified atom stereocenters. The molecule has 0 spiro atoms. The van der Waals surface area contributed by atoms with Crippen molar-refractivity contribution in [2.75, 3.05) is 7.11 Å². The van der Waals surface area contributed by atoms with Crippen LogP contribution in [-0.2, 0) is 4.74 Å². The maximum absolute atomic E-state index is 11.5. The third-order valence-corrected chi connectivity index (χ3v) is 2.76. The first-order valence-electron chi connectivity index (χ1n) is 5.61. The van der Waals surface area contributed by atoms with Crippen LogP contribution < -0.4 is 0 Å². The second-order valence-electron chi connectivity index (χ2n) is 4.26. The number of hydrogen-bond acceptors (Lipinski definition) is 3. The molecule has 3 heteroatoms. The molecule has 0 amide bonds. The molecule has 1 aromatic heterocycles. The molecule has 1 heterocycles. The minimum absolute atomic E-state index is 0.339. The number of ether oxygens (including phenoxy) is 1. The van der Waals surface area contributed by atoms with E-state index in [0.29, 0.717) is 11.6 Å². The van der Waals surface area contributed by atoms with E-state index in [4.69, 9.17) is 4.74 Å². The van der Waals surface area contributed by atoms with Gasteiger partial charge in [0.2, 0.25) is 0 Å². The Morgan fingerprint density at radius 1 is 1.29 bits per heavy atom. The van der Waals surface area contributed by atoms with Gasteiger partial charge in [-0.05, 0) is 23.6 Å². The molecule has 0 aliphatic heterocycles. The number of esters is 1. The van der Waals surface area contributed by atoms with Crippen LogP contribution in [0.4, 0.5) is 0 Å². The van der Waals surface area contributed by atoms with Crippen LogP contribution in [0.3, 0.4) is 0 Å². The number of nitrogens with zero attached hydrogens (tertiary/aromatic N) is 1. The van der Waals surface area contributed by atoms with Gasteiger partial charge in [-0.2, -0.15) is 0 Å². The van der Waals surface area contributed by atoms with Gasteiger partial charge in [-0.1, -0.05) is 32.0 Å². The normalized spacial score (nSPS) is 10.8. The van der Waals surface area contributed by atoms with E-state index < -0.39 is 5.97 Å². The maximum Gasteiger partial charge on any atom is 0.356 e. The van der Waals surface area contributed by atoms with Crippen molar-refractivity contribution in [2.24, 2.45) is 0 Å². The maximum atomic E-state index is 11.5. The molecule has 0 saturated carbocycles. The molecular weight excluding hydrogens is 214 g/mol. The largest absolute Gasteiger partial charge is 0.464 e. The molecule has 0 bridgehead atoms. The van der Waals surface area contributed by atoms with Gasteiger partial charge in [-0.3, -0.25) is 0 Å². The molecule has 88 valence electrons. The highest BCUT2D eigenvalue weighted by Gasteiger charge is 2.13. The van der Waals surface area contributed by atoms with Gasteiger partial charge in [0.05, 0.1) is 12.6 Å². The summed E-state index contributed by atoms with van der Waals surface area (Å²) in [6.45, 7) is 4.20. The van der Waals surface area contributed by atoms with Gasteiger partial charge >= 0.3 is 5.97 Å². The van der Waals surface area contributed by atoms with E-state index in [1.165, 1.54) is 7.11 Å². The summed E-state index contributed by atoms with van der Waals surface area (Å²) >= 11 is 0. The van der Waals surface area contributed by atoms with Crippen molar-refractivity contribution >= 4 is 16.9 Å². The standard InChI is InChI=1S/C14H15NO2/c1-9(2)11-8-13(14(16)17-3)15-12-7-5-4-6-10(11)12/h4-9H,1-3H3. The van der Waals surface area contributed by atoms with Crippen LogP contribution in [0.2, 0.25) is 0 Å². The Hall–Kier alpha value is -1.90. The second kappa shape index (κ2) is 4.53. The molecule has 0 fully saturated rings. The summed E-state index contributed by atoms with van der Waals surface area (Å²) in [4.78, 5) is 15.9. The fourth-order valence-corrected chi connectivity index (χ4v) is 1.89. The van der Waals surface area contributed by atoms with E-state index in [1.54, 1.807) is 0 Å². The van der Waals surface area contributed by atoms with Crippen LogP contribution in [0.1, 0.15) is 35.8 Å². The Balaban J connectivity index is 2.71. The Morgan fingerprint density at radius 3 is 2.65 bits per heavy atom. The quantitative estimate of drug-likeness (QED) is 0.742. The highest BCUT2D eigenvalue weighted by atomic mass is 16.5. The van der Waals surface area contributed by atoms with Crippen molar-refractivity contribution in [1.29, 1.82) is 0 Å². The molecule has 0 saturated heterocycles. The van der Waals surface area contributed by atoms with Gasteiger partial charge in [-0.15, -0.1) is 0 Å². The molecule has 17 heavy (non-hydrogen) atoms. The molecular formula is C14H15NO2. The first-order valence-corrected chi connectivity index (χ1v) is 5.61. The van der Waals surface area contributed by atoms with Gasteiger partial charge in [-0.25, -0.2) is 9.78 Å². The fourth-order valence-electron chi connectivity index (χ4n) is 1.89. The summed E-state index contributed by atoms with van der Waals surface area (Å²) in [5, 5.41) is 1.09. The number of rotatable bonds is 2. The van der Waals surface area contributed by atoms with Crippen molar-refractivity contribution in [1.82, 2.24) is 4.98 Å². The van der Waals surface area contributed by atoms with Crippen LogP contribution in [0, 0.1) is 0 Å². The Labute approximate surface area is 100 Å². The number of pyridine rings is 1.